The fourth-order valence-electron chi connectivity index (χ4n) is 2.95. The summed E-state index contributed by atoms with van der Waals surface area (Å²) >= 11 is 0. The van der Waals surface area contributed by atoms with Gasteiger partial charge in [-0.05, 0) is 41.8 Å². The van der Waals surface area contributed by atoms with Gasteiger partial charge >= 0.3 is 5.63 Å². The summed E-state index contributed by atoms with van der Waals surface area (Å²) in [6.07, 6.45) is 1.73. The molecule has 0 amide bonds. The van der Waals surface area contributed by atoms with Crippen LogP contribution in [0.3, 0.4) is 0 Å². The van der Waals surface area contributed by atoms with Crippen LogP contribution in [0.4, 0.5) is 0 Å². The molecule has 6 nitrogen and oxygen atoms in total. The van der Waals surface area contributed by atoms with Crippen molar-refractivity contribution in [3.05, 3.63) is 70.1 Å². The first-order valence-electron chi connectivity index (χ1n) is 9.02. The Kier molecular flexibility index (Phi) is 5.86. The Balaban J connectivity index is 1.84. The molecule has 0 unspecified atom stereocenters. The van der Waals surface area contributed by atoms with Crippen LogP contribution in [0.1, 0.15) is 24.5 Å². The highest BCUT2D eigenvalue weighted by Gasteiger charge is 2.17. The maximum atomic E-state index is 12.3. The topological polar surface area (TPSA) is 76.8 Å². The summed E-state index contributed by atoms with van der Waals surface area (Å²) in [7, 11) is -0.510. The molecule has 1 heterocycles. The van der Waals surface area contributed by atoms with Crippen LogP contribution in [0.15, 0.2) is 62.6 Å². The summed E-state index contributed by atoms with van der Waals surface area (Å²) in [4.78, 5) is 12.0. The summed E-state index contributed by atoms with van der Waals surface area (Å²) in [6.45, 7) is 2.25. The van der Waals surface area contributed by atoms with Crippen molar-refractivity contribution < 1.29 is 17.6 Å². The number of hydrogen-bond acceptors (Lipinski definition) is 5. The van der Waals surface area contributed by atoms with Gasteiger partial charge in [0, 0.05) is 31.6 Å². The Morgan fingerprint density at radius 3 is 2.57 bits per heavy atom. The van der Waals surface area contributed by atoms with E-state index in [0.29, 0.717) is 11.3 Å². The minimum Gasteiger partial charge on any atom is -0.489 e. The lowest BCUT2D eigenvalue weighted by molar-refractivity contribution is 0.306. The first-order chi connectivity index (χ1) is 13.3. The molecule has 0 bridgehead atoms. The van der Waals surface area contributed by atoms with Crippen molar-refractivity contribution in [2.75, 3.05) is 14.1 Å². The van der Waals surface area contributed by atoms with Crippen molar-refractivity contribution in [3.63, 3.8) is 0 Å². The van der Waals surface area contributed by atoms with Gasteiger partial charge in [-0.3, -0.25) is 0 Å². The number of sulfonamides is 1. The maximum Gasteiger partial charge on any atom is 0.336 e. The number of rotatable bonds is 7. The van der Waals surface area contributed by atoms with Crippen molar-refractivity contribution in [1.29, 1.82) is 0 Å². The van der Waals surface area contributed by atoms with Gasteiger partial charge in [0.15, 0.2) is 0 Å². The average molecular weight is 401 g/mol. The minimum absolute atomic E-state index is 0.196. The third-order valence-corrected chi connectivity index (χ3v) is 6.21. The molecule has 7 heteroatoms. The van der Waals surface area contributed by atoms with E-state index < -0.39 is 10.0 Å². The van der Waals surface area contributed by atoms with E-state index in [2.05, 4.69) is 6.92 Å². The van der Waals surface area contributed by atoms with Crippen molar-refractivity contribution in [2.45, 2.75) is 31.3 Å². The molecular formula is C21H23NO5S. The molecule has 0 aliphatic rings. The summed E-state index contributed by atoms with van der Waals surface area (Å²) < 4.78 is 36.8. The van der Waals surface area contributed by atoms with Gasteiger partial charge in [-0.2, -0.15) is 0 Å². The number of aryl methyl sites for hydroxylation is 1. The summed E-state index contributed by atoms with van der Waals surface area (Å²) in [5, 5.41) is 0.896. The number of ether oxygens (including phenoxy) is 1. The first kappa shape index (κ1) is 20.1. The second-order valence-electron chi connectivity index (χ2n) is 6.72. The molecule has 0 aliphatic carbocycles. The SMILES string of the molecule is CCCc1cc(=O)oc2cc(OCc3cccc(S(=O)(=O)N(C)C)c3)ccc12. The predicted molar refractivity (Wildman–Crippen MR) is 108 cm³/mol. The van der Waals surface area contributed by atoms with Crippen LogP contribution < -0.4 is 10.4 Å². The van der Waals surface area contributed by atoms with Gasteiger partial charge in [0.25, 0.3) is 0 Å². The largest absolute Gasteiger partial charge is 0.489 e. The van der Waals surface area contributed by atoms with E-state index in [-0.39, 0.29) is 17.1 Å². The van der Waals surface area contributed by atoms with Crippen LogP contribution in [0, 0.1) is 0 Å². The van der Waals surface area contributed by atoms with Crippen molar-refractivity contribution >= 4 is 21.0 Å². The second-order valence-corrected chi connectivity index (χ2v) is 8.87. The van der Waals surface area contributed by atoms with E-state index in [1.54, 1.807) is 30.3 Å². The Morgan fingerprint density at radius 2 is 1.86 bits per heavy atom. The van der Waals surface area contributed by atoms with E-state index >= 15 is 0 Å². The van der Waals surface area contributed by atoms with E-state index in [1.165, 1.54) is 24.5 Å². The monoisotopic (exact) mass is 401 g/mol. The zero-order chi connectivity index (χ0) is 20.3. The third kappa shape index (κ3) is 4.26. The fourth-order valence-corrected chi connectivity index (χ4v) is 3.92. The van der Waals surface area contributed by atoms with Gasteiger partial charge in [0.1, 0.15) is 17.9 Å². The lowest BCUT2D eigenvalue weighted by Crippen LogP contribution is -2.22. The van der Waals surface area contributed by atoms with Gasteiger partial charge in [0.2, 0.25) is 10.0 Å². The zero-order valence-corrected chi connectivity index (χ0v) is 17.0. The molecule has 3 aromatic rings. The first-order valence-corrected chi connectivity index (χ1v) is 10.5. The average Bonchev–Trinajstić information content (AvgIpc) is 2.66. The highest BCUT2D eigenvalue weighted by molar-refractivity contribution is 7.89. The van der Waals surface area contributed by atoms with Crippen LogP contribution in [0.5, 0.6) is 5.75 Å². The molecule has 0 aliphatic heterocycles. The van der Waals surface area contributed by atoms with Crippen molar-refractivity contribution in [1.82, 2.24) is 4.31 Å². The second kappa shape index (κ2) is 8.16. The van der Waals surface area contributed by atoms with Crippen molar-refractivity contribution in [3.8, 4) is 5.75 Å². The smallest absolute Gasteiger partial charge is 0.336 e. The Hall–Kier alpha value is -2.64. The molecule has 0 spiro atoms. The molecule has 2 aromatic carbocycles. The van der Waals surface area contributed by atoms with E-state index in [4.69, 9.17) is 9.15 Å². The van der Waals surface area contributed by atoms with E-state index in [0.717, 1.165) is 29.4 Å². The molecule has 0 saturated carbocycles. The standard InChI is InChI=1S/C21H23NO5S/c1-4-6-16-12-21(23)27-20-13-17(9-10-19(16)20)26-14-15-7-5-8-18(11-15)28(24,25)22(2)3/h5,7-13H,4,6,14H2,1-3H3. The van der Waals surface area contributed by atoms with Gasteiger partial charge in [0.05, 0.1) is 4.90 Å². The molecule has 0 fully saturated rings. The van der Waals surface area contributed by atoms with Crippen LogP contribution >= 0.6 is 0 Å². The molecule has 0 atom stereocenters. The lowest BCUT2D eigenvalue weighted by atomic mass is 10.1. The molecule has 28 heavy (non-hydrogen) atoms. The summed E-state index contributed by atoms with van der Waals surface area (Å²) in [6, 6.07) is 13.6. The van der Waals surface area contributed by atoms with Gasteiger partial charge in [-0.25, -0.2) is 17.5 Å². The molecule has 1 aromatic heterocycles. The Labute approximate surface area is 164 Å². The van der Waals surface area contributed by atoms with Crippen LogP contribution in [-0.2, 0) is 23.1 Å². The summed E-state index contributed by atoms with van der Waals surface area (Å²) in [5.41, 5.74) is 1.79. The Morgan fingerprint density at radius 1 is 1.07 bits per heavy atom. The number of nitrogens with zero attached hydrogens (tertiary/aromatic N) is 1. The number of hydrogen-bond donors (Lipinski definition) is 0. The Bertz CT molecular complexity index is 1150. The molecule has 0 radical (unpaired) electrons. The van der Waals surface area contributed by atoms with Crippen molar-refractivity contribution in [2.24, 2.45) is 0 Å². The quantitative estimate of drug-likeness (QED) is 0.566. The third-order valence-electron chi connectivity index (χ3n) is 4.40. The van der Waals surface area contributed by atoms with E-state index in [1.807, 2.05) is 12.1 Å². The lowest BCUT2D eigenvalue weighted by Gasteiger charge is -2.13. The summed E-state index contributed by atoms with van der Waals surface area (Å²) in [5.74, 6) is 0.546. The van der Waals surface area contributed by atoms with E-state index in [9.17, 15) is 13.2 Å². The highest BCUT2D eigenvalue weighted by atomic mass is 32.2. The molecule has 148 valence electrons. The van der Waals surface area contributed by atoms with Gasteiger partial charge < -0.3 is 9.15 Å². The van der Waals surface area contributed by atoms with Crippen LogP contribution in [0.25, 0.3) is 11.0 Å². The fraction of sp³-hybridized carbons (Fsp3) is 0.286. The van der Waals surface area contributed by atoms with Crippen LogP contribution in [-0.4, -0.2) is 26.8 Å². The highest BCUT2D eigenvalue weighted by Crippen LogP contribution is 2.24. The molecular weight excluding hydrogens is 378 g/mol. The zero-order valence-electron chi connectivity index (χ0n) is 16.1. The molecule has 0 N–H and O–H groups in total. The van der Waals surface area contributed by atoms with Crippen LogP contribution in [0.2, 0.25) is 0 Å². The van der Waals surface area contributed by atoms with Gasteiger partial charge in [-0.15, -0.1) is 0 Å². The number of fused-ring (bicyclic) bond motifs is 1. The number of benzene rings is 2. The van der Waals surface area contributed by atoms with Gasteiger partial charge in [-0.1, -0.05) is 25.5 Å². The predicted octanol–water partition coefficient (Wildman–Crippen LogP) is 3.57. The molecule has 0 saturated heterocycles. The maximum absolute atomic E-state index is 12.3. The normalized spacial score (nSPS) is 11.9. The molecule has 3 rings (SSSR count). The minimum atomic E-state index is -3.50.